The molecule has 0 atom stereocenters. The number of nitrogens with zero attached hydrogens (tertiary/aromatic N) is 1. The van der Waals surface area contributed by atoms with E-state index in [9.17, 15) is 23.3 Å². The van der Waals surface area contributed by atoms with Crippen molar-refractivity contribution in [2.45, 2.75) is 4.90 Å². The van der Waals surface area contributed by atoms with E-state index in [4.69, 9.17) is 15.0 Å². The first kappa shape index (κ1) is 18.2. The molecule has 3 aromatic rings. The molecule has 1 aromatic heterocycles. The van der Waals surface area contributed by atoms with Crippen molar-refractivity contribution in [1.82, 2.24) is 0 Å². The zero-order valence-corrected chi connectivity index (χ0v) is 14.3. The fraction of sp³-hybridized carbons (Fsp3) is 0. The van der Waals surface area contributed by atoms with E-state index in [0.717, 1.165) is 0 Å². The first-order valence-electron chi connectivity index (χ1n) is 7.36. The summed E-state index contributed by atoms with van der Waals surface area (Å²) in [5, 5.41) is 26.5. The molecule has 0 unspecified atom stereocenters. The average Bonchev–Trinajstić information content (AvgIpc) is 2.60. The van der Waals surface area contributed by atoms with Gasteiger partial charge in [0.2, 0.25) is 15.6 Å². The zero-order chi connectivity index (χ0) is 19.8. The van der Waals surface area contributed by atoms with Crippen molar-refractivity contribution in [2.24, 2.45) is 5.14 Å². The molecule has 1 heterocycles. The average molecular weight is 388 g/mol. The van der Waals surface area contributed by atoms with Crippen LogP contribution in [0.3, 0.4) is 0 Å². The zero-order valence-electron chi connectivity index (χ0n) is 13.5. The van der Waals surface area contributed by atoms with Crippen molar-refractivity contribution < 1.29 is 22.6 Å². The van der Waals surface area contributed by atoms with Crippen LogP contribution in [0.15, 0.2) is 57.8 Å². The van der Waals surface area contributed by atoms with Crippen molar-refractivity contribution in [3.8, 4) is 0 Å². The highest BCUT2D eigenvalue weighted by atomic mass is 32.2. The fourth-order valence-corrected chi connectivity index (χ4v) is 2.85. The van der Waals surface area contributed by atoms with Crippen LogP contribution in [0.5, 0.6) is 0 Å². The van der Waals surface area contributed by atoms with E-state index in [1.165, 1.54) is 48.5 Å². The van der Waals surface area contributed by atoms with E-state index in [0.29, 0.717) is 0 Å². The molecule has 11 heteroatoms. The Hall–Kier alpha value is -3.57. The van der Waals surface area contributed by atoms with Crippen LogP contribution in [0.2, 0.25) is 0 Å². The molecule has 0 saturated heterocycles. The molecule has 0 aliphatic heterocycles. The van der Waals surface area contributed by atoms with Crippen molar-refractivity contribution >= 4 is 38.3 Å². The van der Waals surface area contributed by atoms with Crippen molar-refractivity contribution in [3.63, 3.8) is 0 Å². The van der Waals surface area contributed by atoms with Gasteiger partial charge in [-0.15, -0.1) is 0 Å². The molecule has 0 radical (unpaired) electrons. The van der Waals surface area contributed by atoms with E-state index >= 15 is 0 Å². The summed E-state index contributed by atoms with van der Waals surface area (Å²) in [4.78, 5) is 22.6. The van der Waals surface area contributed by atoms with Gasteiger partial charge in [0.25, 0.3) is 11.6 Å². The molecular formula is C16H12N4O6S. The molecule has 0 fully saturated rings. The second kappa shape index (κ2) is 6.63. The number of carbonyl (C=O) groups is 1. The Balaban J connectivity index is 1.94. The molecule has 3 rings (SSSR count). The Kier molecular flexibility index (Phi) is 4.47. The quantitative estimate of drug-likeness (QED) is 0.454. The summed E-state index contributed by atoms with van der Waals surface area (Å²) in [5.74, 6) is -0.694. The number of nitro groups is 1. The molecular weight excluding hydrogens is 376 g/mol. The smallest absolute Gasteiger partial charge is 0.270 e. The number of nitrogens with one attached hydrogen (secondary N) is 2. The highest BCUT2D eigenvalue weighted by molar-refractivity contribution is 7.89. The molecule has 10 nitrogen and oxygen atoms in total. The molecule has 0 bridgehead atoms. The number of nitro benzene ring substituents is 1. The number of non-ortho nitro benzene ring substituents is 1. The Morgan fingerprint density at radius 3 is 2.41 bits per heavy atom. The van der Waals surface area contributed by atoms with E-state index < -0.39 is 26.4 Å². The lowest BCUT2D eigenvalue weighted by Crippen LogP contribution is -2.21. The van der Waals surface area contributed by atoms with Crippen LogP contribution in [0.25, 0.3) is 11.0 Å². The number of amides is 1. The van der Waals surface area contributed by atoms with Gasteiger partial charge in [0.15, 0.2) is 0 Å². The van der Waals surface area contributed by atoms with Crippen LogP contribution in [-0.4, -0.2) is 19.2 Å². The van der Waals surface area contributed by atoms with Crippen molar-refractivity contribution in [2.75, 3.05) is 5.32 Å². The molecule has 1 amide bonds. The number of sulfonamides is 1. The molecule has 0 saturated carbocycles. The highest BCUT2D eigenvalue weighted by Gasteiger charge is 2.15. The van der Waals surface area contributed by atoms with Gasteiger partial charge in [0.1, 0.15) is 11.1 Å². The lowest BCUT2D eigenvalue weighted by Gasteiger charge is -2.07. The molecule has 0 aliphatic rings. The van der Waals surface area contributed by atoms with Crippen LogP contribution >= 0.6 is 0 Å². The lowest BCUT2D eigenvalue weighted by molar-refractivity contribution is -0.384. The fourth-order valence-electron chi connectivity index (χ4n) is 2.34. The van der Waals surface area contributed by atoms with E-state index in [2.05, 4.69) is 5.32 Å². The van der Waals surface area contributed by atoms with Gasteiger partial charge in [0, 0.05) is 23.2 Å². The standard InChI is InChI=1S/C16H12N4O6S/c17-15-13(8-9-7-11(20(22)23)3-6-14(9)26-15)16(21)19-10-1-4-12(5-2-10)27(18,24)25/h1-8,17H,(H,19,21)(H2,18,24,25). The highest BCUT2D eigenvalue weighted by Crippen LogP contribution is 2.21. The van der Waals surface area contributed by atoms with E-state index in [-0.39, 0.29) is 32.8 Å². The predicted octanol–water partition coefficient (Wildman–Crippen LogP) is 1.72. The number of benzene rings is 2. The number of rotatable bonds is 4. The number of anilines is 1. The monoisotopic (exact) mass is 388 g/mol. The summed E-state index contributed by atoms with van der Waals surface area (Å²) in [6.07, 6.45) is 0. The number of fused-ring (bicyclic) bond motifs is 1. The predicted molar refractivity (Wildman–Crippen MR) is 94.5 cm³/mol. The minimum atomic E-state index is -3.86. The maximum atomic E-state index is 12.4. The van der Waals surface area contributed by atoms with Crippen LogP contribution < -0.4 is 16.0 Å². The summed E-state index contributed by atoms with van der Waals surface area (Å²) in [6, 6.07) is 10.2. The van der Waals surface area contributed by atoms with Crippen molar-refractivity contribution in [3.05, 3.63) is 69.8 Å². The summed E-state index contributed by atoms with van der Waals surface area (Å²) in [5.41, 5.74) is -0.250. The second-order valence-electron chi connectivity index (χ2n) is 5.49. The van der Waals surface area contributed by atoms with Gasteiger partial charge in [-0.3, -0.25) is 20.3 Å². The summed E-state index contributed by atoms with van der Waals surface area (Å²) in [7, 11) is -3.86. The topological polar surface area (TPSA) is 169 Å². The van der Waals surface area contributed by atoms with Crippen LogP contribution in [0.4, 0.5) is 11.4 Å². The normalized spacial score (nSPS) is 11.3. The minimum absolute atomic E-state index is 0.116. The van der Waals surface area contributed by atoms with Gasteiger partial charge in [-0.2, -0.15) is 0 Å². The van der Waals surface area contributed by atoms with Gasteiger partial charge in [-0.25, -0.2) is 13.6 Å². The van der Waals surface area contributed by atoms with Crippen LogP contribution in [0.1, 0.15) is 10.4 Å². The largest absolute Gasteiger partial charge is 0.438 e. The summed E-state index contributed by atoms with van der Waals surface area (Å²) >= 11 is 0. The molecule has 27 heavy (non-hydrogen) atoms. The Bertz CT molecular complexity index is 1230. The molecule has 4 N–H and O–H groups in total. The first-order chi connectivity index (χ1) is 12.6. The van der Waals surface area contributed by atoms with Gasteiger partial charge < -0.3 is 9.73 Å². The Morgan fingerprint density at radius 2 is 1.81 bits per heavy atom. The lowest BCUT2D eigenvalue weighted by atomic mass is 10.1. The number of hydrogen-bond acceptors (Lipinski definition) is 7. The summed E-state index contributed by atoms with van der Waals surface area (Å²) < 4.78 is 27.7. The van der Waals surface area contributed by atoms with Gasteiger partial charge in [-0.1, -0.05) is 0 Å². The number of carbonyl (C=O) groups excluding carboxylic acids is 1. The third kappa shape index (κ3) is 3.83. The van der Waals surface area contributed by atoms with E-state index in [1.807, 2.05) is 0 Å². The number of primary sulfonamides is 1. The Morgan fingerprint density at radius 1 is 1.15 bits per heavy atom. The molecule has 0 aliphatic carbocycles. The van der Waals surface area contributed by atoms with Crippen LogP contribution in [0, 0.1) is 15.5 Å². The van der Waals surface area contributed by atoms with Crippen molar-refractivity contribution in [1.29, 1.82) is 5.41 Å². The van der Waals surface area contributed by atoms with E-state index in [1.54, 1.807) is 0 Å². The van der Waals surface area contributed by atoms with Gasteiger partial charge in [-0.05, 0) is 36.4 Å². The third-order valence-electron chi connectivity index (χ3n) is 3.65. The third-order valence-corrected chi connectivity index (χ3v) is 4.58. The van der Waals surface area contributed by atoms with Crippen LogP contribution in [-0.2, 0) is 10.0 Å². The summed E-state index contributed by atoms with van der Waals surface area (Å²) in [6.45, 7) is 0. The number of nitrogens with two attached hydrogens (primary N) is 1. The maximum Gasteiger partial charge on any atom is 0.270 e. The molecule has 138 valence electrons. The van der Waals surface area contributed by atoms with Gasteiger partial charge >= 0.3 is 0 Å². The minimum Gasteiger partial charge on any atom is -0.438 e. The SMILES string of the molecule is N=c1oc2ccc([N+](=O)[O-])cc2cc1C(=O)Nc1ccc(S(N)(=O)=O)cc1. The van der Waals surface area contributed by atoms with Gasteiger partial charge in [0.05, 0.1) is 9.82 Å². The molecule has 2 aromatic carbocycles. The number of hydrogen-bond donors (Lipinski definition) is 3. The maximum absolute atomic E-state index is 12.4. The first-order valence-corrected chi connectivity index (χ1v) is 8.91. The second-order valence-corrected chi connectivity index (χ2v) is 7.05. The molecule has 0 spiro atoms. The Labute approximate surface area is 151 Å².